The van der Waals surface area contributed by atoms with E-state index in [4.69, 9.17) is 23.8 Å². The van der Waals surface area contributed by atoms with Gasteiger partial charge in [-0.25, -0.2) is 4.39 Å². The Balaban J connectivity index is 2.07. The quantitative estimate of drug-likeness (QED) is 0.771. The van der Waals surface area contributed by atoms with Crippen LogP contribution in [0.5, 0.6) is 0 Å². The van der Waals surface area contributed by atoms with E-state index in [1.807, 2.05) is 19.1 Å². The van der Waals surface area contributed by atoms with Crippen LogP contribution in [0.15, 0.2) is 36.4 Å². The third-order valence-electron chi connectivity index (χ3n) is 2.87. The van der Waals surface area contributed by atoms with Crippen LogP contribution >= 0.6 is 23.8 Å². The largest absolute Gasteiger partial charge is 0.332 e. The summed E-state index contributed by atoms with van der Waals surface area (Å²) in [6, 6.07) is 10.4. The lowest BCUT2D eigenvalue weighted by molar-refractivity contribution is 0.619. The third-order valence-corrected chi connectivity index (χ3v) is 3.31. The molecule has 20 heavy (non-hydrogen) atoms. The lowest BCUT2D eigenvalue weighted by atomic mass is 10.2. The molecule has 104 valence electrons. The Morgan fingerprint density at radius 2 is 1.80 bits per heavy atom. The highest BCUT2D eigenvalue weighted by molar-refractivity contribution is 7.80. The molecule has 0 radical (unpaired) electrons. The Morgan fingerprint density at radius 1 is 1.05 bits per heavy atom. The fourth-order valence-electron chi connectivity index (χ4n) is 1.72. The normalized spacial score (nSPS) is 10.2. The van der Waals surface area contributed by atoms with Gasteiger partial charge in [-0.2, -0.15) is 0 Å². The summed E-state index contributed by atoms with van der Waals surface area (Å²) in [6.45, 7) is 3.65. The Bertz CT molecular complexity index is 658. The number of nitrogens with one attached hydrogen (secondary N) is 2. The molecular formula is C15H14ClFN2S. The van der Waals surface area contributed by atoms with Gasteiger partial charge >= 0.3 is 0 Å². The molecule has 0 spiro atoms. The fraction of sp³-hybridized carbons (Fsp3) is 0.133. The number of hydrogen-bond acceptors (Lipinski definition) is 1. The van der Waals surface area contributed by atoms with Crippen molar-refractivity contribution in [2.45, 2.75) is 13.8 Å². The summed E-state index contributed by atoms with van der Waals surface area (Å²) < 4.78 is 13.4. The van der Waals surface area contributed by atoms with Gasteiger partial charge < -0.3 is 10.6 Å². The van der Waals surface area contributed by atoms with E-state index in [2.05, 4.69) is 10.6 Å². The summed E-state index contributed by atoms with van der Waals surface area (Å²) in [7, 11) is 0. The molecule has 0 unspecified atom stereocenters. The summed E-state index contributed by atoms with van der Waals surface area (Å²) in [4.78, 5) is 0. The molecule has 0 aliphatic heterocycles. The van der Waals surface area contributed by atoms with Crippen molar-refractivity contribution < 1.29 is 4.39 Å². The van der Waals surface area contributed by atoms with Gasteiger partial charge in [-0.05, 0) is 67.5 Å². The molecule has 0 aromatic heterocycles. The molecule has 0 aliphatic carbocycles. The maximum atomic E-state index is 13.4. The van der Waals surface area contributed by atoms with Gasteiger partial charge in [-0.1, -0.05) is 17.7 Å². The molecular weight excluding hydrogens is 295 g/mol. The first-order valence-electron chi connectivity index (χ1n) is 6.06. The first kappa shape index (κ1) is 14.8. The lowest BCUT2D eigenvalue weighted by Gasteiger charge is -2.13. The van der Waals surface area contributed by atoms with Crippen LogP contribution < -0.4 is 10.6 Å². The van der Waals surface area contributed by atoms with Crippen molar-refractivity contribution in [1.82, 2.24) is 0 Å². The molecule has 0 atom stereocenters. The van der Waals surface area contributed by atoms with Crippen molar-refractivity contribution >= 4 is 40.3 Å². The van der Waals surface area contributed by atoms with Crippen LogP contribution in [0.4, 0.5) is 15.8 Å². The second kappa shape index (κ2) is 6.20. The van der Waals surface area contributed by atoms with Crippen LogP contribution in [0.1, 0.15) is 11.1 Å². The number of halogens is 2. The van der Waals surface area contributed by atoms with E-state index in [0.29, 0.717) is 21.4 Å². The summed E-state index contributed by atoms with van der Waals surface area (Å²) in [5, 5.41) is 7.08. The monoisotopic (exact) mass is 308 g/mol. The highest BCUT2D eigenvalue weighted by Crippen LogP contribution is 2.20. The van der Waals surface area contributed by atoms with E-state index in [-0.39, 0.29) is 5.82 Å². The van der Waals surface area contributed by atoms with Crippen LogP contribution in [0.3, 0.4) is 0 Å². The van der Waals surface area contributed by atoms with Crippen molar-refractivity contribution in [1.29, 1.82) is 0 Å². The number of hydrogen-bond donors (Lipinski definition) is 2. The molecule has 0 amide bonds. The molecule has 2 aromatic carbocycles. The molecule has 0 fully saturated rings. The van der Waals surface area contributed by atoms with Gasteiger partial charge in [-0.15, -0.1) is 0 Å². The summed E-state index contributed by atoms with van der Waals surface area (Å²) in [5.41, 5.74) is 3.05. The first-order valence-corrected chi connectivity index (χ1v) is 6.84. The van der Waals surface area contributed by atoms with Gasteiger partial charge in [0.15, 0.2) is 5.11 Å². The standard InChI is InChI=1S/C15H14ClFN2S/c1-9-3-5-12(8-13(9)17)18-15(20)19-14-6-4-11(16)7-10(14)2/h3-8H,1-2H3,(H2,18,19,20). The van der Waals surface area contributed by atoms with E-state index in [1.54, 1.807) is 25.1 Å². The minimum atomic E-state index is -0.263. The zero-order valence-electron chi connectivity index (χ0n) is 11.1. The second-order valence-corrected chi connectivity index (χ2v) is 5.35. The molecule has 2 aromatic rings. The smallest absolute Gasteiger partial charge is 0.175 e. The van der Waals surface area contributed by atoms with Crippen molar-refractivity contribution in [2.75, 3.05) is 10.6 Å². The molecule has 2 rings (SSSR count). The van der Waals surface area contributed by atoms with Gasteiger partial charge in [-0.3, -0.25) is 0 Å². The first-order chi connectivity index (χ1) is 9.45. The van der Waals surface area contributed by atoms with Gasteiger partial charge in [0.05, 0.1) is 0 Å². The zero-order valence-corrected chi connectivity index (χ0v) is 12.7. The maximum Gasteiger partial charge on any atom is 0.175 e. The van der Waals surface area contributed by atoms with E-state index in [0.717, 1.165) is 11.3 Å². The predicted octanol–water partition coefficient (Wildman–Crippen LogP) is 4.90. The lowest BCUT2D eigenvalue weighted by Crippen LogP contribution is -2.19. The van der Waals surface area contributed by atoms with Crippen LogP contribution in [-0.2, 0) is 0 Å². The maximum absolute atomic E-state index is 13.4. The Morgan fingerprint density at radius 3 is 2.45 bits per heavy atom. The number of rotatable bonds is 2. The SMILES string of the molecule is Cc1ccc(NC(=S)Nc2ccc(Cl)cc2C)cc1F. The van der Waals surface area contributed by atoms with Crippen molar-refractivity contribution in [3.05, 3.63) is 58.4 Å². The molecule has 0 saturated carbocycles. The van der Waals surface area contributed by atoms with E-state index in [9.17, 15) is 4.39 Å². The highest BCUT2D eigenvalue weighted by atomic mass is 35.5. The third kappa shape index (κ3) is 3.68. The molecule has 2 N–H and O–H groups in total. The van der Waals surface area contributed by atoms with Gasteiger partial charge in [0, 0.05) is 16.4 Å². The summed E-state index contributed by atoms with van der Waals surface area (Å²) in [5.74, 6) is -0.263. The number of anilines is 2. The Hall–Kier alpha value is -1.65. The van der Waals surface area contributed by atoms with Crippen LogP contribution in [0, 0.1) is 19.7 Å². The summed E-state index contributed by atoms with van der Waals surface area (Å²) >= 11 is 11.1. The van der Waals surface area contributed by atoms with E-state index < -0.39 is 0 Å². The Labute approximate surface area is 128 Å². The highest BCUT2D eigenvalue weighted by Gasteiger charge is 2.04. The number of benzene rings is 2. The molecule has 0 aliphatic rings. The average Bonchev–Trinajstić information content (AvgIpc) is 2.37. The summed E-state index contributed by atoms with van der Waals surface area (Å²) in [6.07, 6.45) is 0. The minimum absolute atomic E-state index is 0.263. The van der Waals surface area contributed by atoms with Crippen molar-refractivity contribution in [3.8, 4) is 0 Å². The molecule has 0 bridgehead atoms. The molecule has 2 nitrogen and oxygen atoms in total. The zero-order chi connectivity index (χ0) is 14.7. The number of thiocarbonyl (C=S) groups is 1. The van der Waals surface area contributed by atoms with Gasteiger partial charge in [0.1, 0.15) is 5.82 Å². The van der Waals surface area contributed by atoms with Gasteiger partial charge in [0.25, 0.3) is 0 Å². The average molecular weight is 309 g/mol. The minimum Gasteiger partial charge on any atom is -0.332 e. The van der Waals surface area contributed by atoms with Crippen LogP contribution in [0.2, 0.25) is 5.02 Å². The Kier molecular flexibility index (Phi) is 4.57. The van der Waals surface area contributed by atoms with Crippen molar-refractivity contribution in [3.63, 3.8) is 0 Å². The van der Waals surface area contributed by atoms with Crippen LogP contribution in [-0.4, -0.2) is 5.11 Å². The number of aryl methyl sites for hydroxylation is 2. The fourth-order valence-corrected chi connectivity index (χ4v) is 2.18. The predicted molar refractivity (Wildman–Crippen MR) is 87.2 cm³/mol. The van der Waals surface area contributed by atoms with Crippen molar-refractivity contribution in [2.24, 2.45) is 0 Å². The molecule has 0 saturated heterocycles. The molecule has 0 heterocycles. The van der Waals surface area contributed by atoms with Gasteiger partial charge in [0.2, 0.25) is 0 Å². The second-order valence-electron chi connectivity index (χ2n) is 4.50. The van der Waals surface area contributed by atoms with Crippen LogP contribution in [0.25, 0.3) is 0 Å². The molecule has 5 heteroatoms. The van der Waals surface area contributed by atoms with E-state index in [1.165, 1.54) is 6.07 Å². The van der Waals surface area contributed by atoms with E-state index >= 15 is 0 Å². The topological polar surface area (TPSA) is 24.1 Å².